The van der Waals surface area contributed by atoms with Crippen LogP contribution in [0.4, 0.5) is 0 Å². The number of furan rings is 1. The molecule has 0 spiro atoms. The third kappa shape index (κ3) is 5.56. The van der Waals surface area contributed by atoms with Crippen molar-refractivity contribution in [3.63, 3.8) is 0 Å². The van der Waals surface area contributed by atoms with Crippen LogP contribution >= 0.6 is 0 Å². The third-order valence-corrected chi connectivity index (χ3v) is 11.8. The average molecular weight is 744 g/mol. The summed E-state index contributed by atoms with van der Waals surface area (Å²) in [4.78, 5) is 15.3. The average Bonchev–Trinajstić information content (AvgIpc) is 3.78. The number of hydrogen-bond acceptors (Lipinski definition) is 4. The molecule has 0 saturated heterocycles. The largest absolute Gasteiger partial charge is 0.456 e. The van der Waals surface area contributed by atoms with Gasteiger partial charge < -0.3 is 4.42 Å². The van der Waals surface area contributed by atoms with E-state index >= 15 is 0 Å². The maximum Gasteiger partial charge on any atom is 0.164 e. The molecule has 0 fully saturated rings. The molecule has 0 amide bonds. The van der Waals surface area contributed by atoms with Crippen molar-refractivity contribution in [2.45, 2.75) is 19.3 Å². The highest BCUT2D eigenvalue weighted by molar-refractivity contribution is 6.12. The van der Waals surface area contributed by atoms with Crippen molar-refractivity contribution in [1.82, 2.24) is 15.0 Å². The first-order valence-corrected chi connectivity index (χ1v) is 19.8. The maximum absolute atomic E-state index is 6.48. The summed E-state index contributed by atoms with van der Waals surface area (Å²) in [5, 5.41) is 2.00. The Bertz CT molecular complexity index is 3160. The van der Waals surface area contributed by atoms with Gasteiger partial charge in [-0.15, -0.1) is 0 Å². The summed E-state index contributed by atoms with van der Waals surface area (Å²) < 4.78 is 6.48. The van der Waals surface area contributed by atoms with Crippen LogP contribution in [0.1, 0.15) is 25.0 Å². The smallest absolute Gasteiger partial charge is 0.164 e. The highest BCUT2D eigenvalue weighted by Gasteiger charge is 2.37. The molecule has 0 atom stereocenters. The first-order chi connectivity index (χ1) is 28.5. The Morgan fingerprint density at radius 1 is 0.362 bits per heavy atom. The highest BCUT2D eigenvalue weighted by Crippen LogP contribution is 2.52. The molecule has 0 bridgehead atoms. The Kier molecular flexibility index (Phi) is 7.80. The van der Waals surface area contributed by atoms with Crippen molar-refractivity contribution in [2.75, 3.05) is 0 Å². The molecule has 2 aromatic heterocycles. The second-order valence-corrected chi connectivity index (χ2v) is 15.6. The predicted octanol–water partition coefficient (Wildman–Crippen LogP) is 14.1. The molecule has 10 aromatic rings. The SMILES string of the molecule is CC1(C)c2ccccc2-c2cccc(-c3ccc(-c4ccc5oc6cccc(-c7nc(-c8ccccc8)nc(-c8ccc(-c9ccccc9)cc8)n7)c6c5c4)cc3)c21. The van der Waals surface area contributed by atoms with Crippen LogP contribution in [0.5, 0.6) is 0 Å². The molecule has 11 rings (SSSR count). The van der Waals surface area contributed by atoms with E-state index in [9.17, 15) is 0 Å². The van der Waals surface area contributed by atoms with Crippen LogP contribution in [-0.4, -0.2) is 15.0 Å². The minimum Gasteiger partial charge on any atom is -0.456 e. The summed E-state index contributed by atoms with van der Waals surface area (Å²) >= 11 is 0. The Morgan fingerprint density at radius 2 is 0.862 bits per heavy atom. The Labute approximate surface area is 337 Å². The van der Waals surface area contributed by atoms with Crippen molar-refractivity contribution >= 4 is 21.9 Å². The van der Waals surface area contributed by atoms with E-state index in [1.165, 1.54) is 38.9 Å². The van der Waals surface area contributed by atoms with Crippen molar-refractivity contribution in [2.24, 2.45) is 0 Å². The number of nitrogens with zero attached hydrogens (tertiary/aromatic N) is 3. The molecule has 2 heterocycles. The van der Waals surface area contributed by atoms with E-state index in [4.69, 9.17) is 19.4 Å². The summed E-state index contributed by atoms with van der Waals surface area (Å²) in [7, 11) is 0. The van der Waals surface area contributed by atoms with E-state index < -0.39 is 0 Å². The molecule has 1 aliphatic rings. The summed E-state index contributed by atoms with van der Waals surface area (Å²) in [6, 6.07) is 66.1. The number of hydrogen-bond donors (Lipinski definition) is 0. The van der Waals surface area contributed by atoms with Gasteiger partial charge in [0.1, 0.15) is 11.2 Å². The fourth-order valence-electron chi connectivity index (χ4n) is 8.91. The molecule has 0 radical (unpaired) electrons. The zero-order chi connectivity index (χ0) is 38.8. The minimum absolute atomic E-state index is 0.0829. The van der Waals surface area contributed by atoms with Gasteiger partial charge in [-0.05, 0) is 73.8 Å². The number of benzene rings is 8. The van der Waals surface area contributed by atoms with Gasteiger partial charge in [0.2, 0.25) is 0 Å². The lowest BCUT2D eigenvalue weighted by atomic mass is 9.79. The fraction of sp³-hybridized carbons (Fsp3) is 0.0556. The number of aromatic nitrogens is 3. The normalized spacial score (nSPS) is 12.8. The molecule has 8 aromatic carbocycles. The predicted molar refractivity (Wildman–Crippen MR) is 237 cm³/mol. The molecular formula is C54H37N3O. The molecule has 1 aliphatic carbocycles. The van der Waals surface area contributed by atoms with E-state index in [0.717, 1.165) is 55.3 Å². The van der Waals surface area contributed by atoms with Gasteiger partial charge in [0.15, 0.2) is 17.5 Å². The van der Waals surface area contributed by atoms with E-state index in [2.05, 4.69) is 153 Å². The van der Waals surface area contributed by atoms with Crippen LogP contribution in [0.15, 0.2) is 192 Å². The summed E-state index contributed by atoms with van der Waals surface area (Å²) in [5.41, 5.74) is 16.8. The van der Waals surface area contributed by atoms with Crippen LogP contribution in [0.3, 0.4) is 0 Å². The molecule has 0 N–H and O–H groups in total. The maximum atomic E-state index is 6.48. The van der Waals surface area contributed by atoms with Crippen LogP contribution < -0.4 is 0 Å². The third-order valence-electron chi connectivity index (χ3n) is 11.8. The Morgan fingerprint density at radius 3 is 1.60 bits per heavy atom. The Balaban J connectivity index is 1.00. The molecule has 58 heavy (non-hydrogen) atoms. The number of fused-ring (bicyclic) bond motifs is 6. The van der Waals surface area contributed by atoms with Gasteiger partial charge in [0.05, 0.1) is 0 Å². The van der Waals surface area contributed by atoms with Gasteiger partial charge in [0, 0.05) is 32.9 Å². The van der Waals surface area contributed by atoms with Gasteiger partial charge in [-0.3, -0.25) is 0 Å². The standard InChI is InChI=1S/C54H37N3O/c1-54(2)46-21-10-9-17-42(46)43-19-11-18-41(50(43)54)37-27-23-36(24-28-37)40-31-32-47-45(33-40)49-44(20-12-22-48(49)58-47)53-56-51(38-15-7-4-8-16-38)55-52(57-53)39-29-25-35(26-30-39)34-13-5-3-6-14-34/h3-33H,1-2H3. The number of rotatable bonds is 6. The van der Waals surface area contributed by atoms with Crippen molar-refractivity contribution in [3.8, 4) is 78.7 Å². The lowest BCUT2D eigenvalue weighted by Gasteiger charge is -2.24. The van der Waals surface area contributed by atoms with Gasteiger partial charge in [-0.2, -0.15) is 0 Å². The van der Waals surface area contributed by atoms with Crippen LogP contribution in [-0.2, 0) is 5.41 Å². The van der Waals surface area contributed by atoms with Crippen LogP contribution in [0, 0.1) is 0 Å². The Hall–Kier alpha value is -7.43. The fourth-order valence-corrected chi connectivity index (χ4v) is 8.91. The first kappa shape index (κ1) is 33.9. The van der Waals surface area contributed by atoms with Crippen molar-refractivity contribution in [3.05, 3.63) is 199 Å². The van der Waals surface area contributed by atoms with Gasteiger partial charge in [-0.25, -0.2) is 15.0 Å². The second-order valence-electron chi connectivity index (χ2n) is 15.6. The summed E-state index contributed by atoms with van der Waals surface area (Å²) in [6.07, 6.45) is 0. The molecule has 4 heteroatoms. The van der Waals surface area contributed by atoms with E-state index in [0.29, 0.717) is 17.5 Å². The zero-order valence-corrected chi connectivity index (χ0v) is 32.1. The van der Waals surface area contributed by atoms with Gasteiger partial charge in [0.25, 0.3) is 0 Å². The topological polar surface area (TPSA) is 51.8 Å². The monoisotopic (exact) mass is 743 g/mol. The van der Waals surface area contributed by atoms with Crippen molar-refractivity contribution in [1.29, 1.82) is 0 Å². The molecule has 4 nitrogen and oxygen atoms in total. The lowest BCUT2D eigenvalue weighted by molar-refractivity contribution is 0.662. The van der Waals surface area contributed by atoms with Crippen LogP contribution in [0.25, 0.3) is 101 Å². The molecular weight excluding hydrogens is 707 g/mol. The highest BCUT2D eigenvalue weighted by atomic mass is 16.3. The van der Waals surface area contributed by atoms with Gasteiger partial charge in [-0.1, -0.05) is 184 Å². The van der Waals surface area contributed by atoms with E-state index in [1.54, 1.807) is 0 Å². The lowest BCUT2D eigenvalue weighted by Crippen LogP contribution is -2.16. The zero-order valence-electron chi connectivity index (χ0n) is 32.1. The van der Waals surface area contributed by atoms with Crippen molar-refractivity contribution < 1.29 is 4.42 Å². The molecule has 0 unspecified atom stereocenters. The van der Waals surface area contributed by atoms with Crippen LogP contribution in [0.2, 0.25) is 0 Å². The van der Waals surface area contributed by atoms with Gasteiger partial charge >= 0.3 is 0 Å². The quantitative estimate of drug-likeness (QED) is 0.170. The molecule has 0 aliphatic heterocycles. The summed E-state index contributed by atoms with van der Waals surface area (Å²) in [5.74, 6) is 1.83. The first-order valence-electron chi connectivity index (χ1n) is 19.8. The summed E-state index contributed by atoms with van der Waals surface area (Å²) in [6.45, 7) is 4.69. The second kappa shape index (κ2) is 13.4. The van der Waals surface area contributed by atoms with E-state index in [-0.39, 0.29) is 5.41 Å². The molecule has 274 valence electrons. The molecule has 0 saturated carbocycles. The minimum atomic E-state index is -0.0829. The van der Waals surface area contributed by atoms with E-state index in [1.807, 2.05) is 48.5 Å².